The van der Waals surface area contributed by atoms with Crippen LogP contribution >= 0.6 is 0 Å². The maximum absolute atomic E-state index is 2.51. The Morgan fingerprint density at radius 1 is 0.588 bits per heavy atom. The molecule has 0 nitrogen and oxygen atoms in total. The Bertz CT molecular complexity index is 1940. The first-order chi connectivity index (χ1) is 16.8. The molecule has 0 saturated heterocycles. The van der Waals surface area contributed by atoms with Gasteiger partial charge in [-0.2, -0.15) is 0 Å². The lowest BCUT2D eigenvalue weighted by Gasteiger charge is -2.23. The molecule has 0 aliphatic heterocycles. The van der Waals surface area contributed by atoms with E-state index in [0.29, 0.717) is 11.8 Å². The van der Waals surface area contributed by atoms with E-state index in [1.165, 1.54) is 76.5 Å². The lowest BCUT2D eigenvalue weighted by atomic mass is 9.80. The standard InChI is InChI=1S/C34H20/c1-5-19-6-2-10-26-30-16-22-14-24-18-32-28-12-4-8-20-7-3-11-27(34(20)28)31(32)17-23(24)13-21(22)15-29(30)25(9-1)33(19)26/h1-18,29,33H. The van der Waals surface area contributed by atoms with Crippen molar-refractivity contribution in [2.24, 2.45) is 11.8 Å². The normalized spacial score (nSPS) is 22.0. The Labute approximate surface area is 197 Å². The van der Waals surface area contributed by atoms with Gasteiger partial charge in [0.15, 0.2) is 0 Å². The Morgan fingerprint density at radius 3 is 2.12 bits per heavy atom. The maximum Gasteiger partial charge on any atom is 0.0314 e. The molecule has 0 heteroatoms. The molecule has 156 valence electrons. The molecule has 0 amide bonds. The van der Waals surface area contributed by atoms with Crippen LogP contribution in [0.15, 0.2) is 119 Å². The van der Waals surface area contributed by atoms with Crippen LogP contribution in [0.5, 0.6) is 0 Å². The van der Waals surface area contributed by atoms with E-state index in [2.05, 4.69) is 109 Å². The lowest BCUT2D eigenvalue weighted by Crippen LogP contribution is -2.29. The monoisotopic (exact) mass is 428 g/mol. The van der Waals surface area contributed by atoms with Crippen LogP contribution in [0.2, 0.25) is 0 Å². The SMILES string of the molecule is C1=CC2=CC=CC3=C4C=c5cc6cc7c(cc6cc5=CC4C(=C1)C23)-c1cccc2cccc-7c12. The maximum atomic E-state index is 2.51. The summed E-state index contributed by atoms with van der Waals surface area (Å²) in [6, 6.07) is 23.1. The third-order valence-corrected chi connectivity index (χ3v) is 8.47. The van der Waals surface area contributed by atoms with Crippen LogP contribution in [0.1, 0.15) is 0 Å². The molecule has 4 aromatic rings. The topological polar surface area (TPSA) is 0 Å². The van der Waals surface area contributed by atoms with Crippen LogP contribution in [0.25, 0.3) is 56.0 Å². The number of hydrogen-bond acceptors (Lipinski definition) is 0. The van der Waals surface area contributed by atoms with Gasteiger partial charge in [0.25, 0.3) is 0 Å². The molecule has 5 aliphatic carbocycles. The van der Waals surface area contributed by atoms with Gasteiger partial charge < -0.3 is 0 Å². The van der Waals surface area contributed by atoms with Gasteiger partial charge in [-0.05, 0) is 107 Å². The molecule has 0 radical (unpaired) electrons. The van der Waals surface area contributed by atoms with Gasteiger partial charge in [0.05, 0.1) is 0 Å². The van der Waals surface area contributed by atoms with E-state index in [0.717, 1.165) is 0 Å². The summed E-state index contributed by atoms with van der Waals surface area (Å²) in [5.41, 5.74) is 11.4. The molecule has 9 rings (SSSR count). The third-order valence-electron chi connectivity index (χ3n) is 8.47. The Morgan fingerprint density at radius 2 is 1.32 bits per heavy atom. The fourth-order valence-electron chi connectivity index (χ4n) is 7.03. The Kier molecular flexibility index (Phi) is 2.98. The molecule has 2 atom stereocenters. The van der Waals surface area contributed by atoms with E-state index < -0.39 is 0 Å². The summed E-state index contributed by atoms with van der Waals surface area (Å²) in [6.45, 7) is 0. The van der Waals surface area contributed by atoms with Crippen LogP contribution in [-0.4, -0.2) is 0 Å². The van der Waals surface area contributed by atoms with Crippen molar-refractivity contribution in [3.8, 4) is 22.3 Å². The molecule has 2 unspecified atom stereocenters. The van der Waals surface area contributed by atoms with E-state index in [9.17, 15) is 0 Å². The smallest absolute Gasteiger partial charge is 0.0314 e. The zero-order valence-electron chi connectivity index (χ0n) is 18.5. The van der Waals surface area contributed by atoms with Gasteiger partial charge in [0.1, 0.15) is 0 Å². The minimum Gasteiger partial charge on any atom is -0.0650 e. The first-order valence-electron chi connectivity index (χ1n) is 12.2. The molecular formula is C34H20. The summed E-state index contributed by atoms with van der Waals surface area (Å²) in [5, 5.41) is 8.09. The molecular weight excluding hydrogens is 408 g/mol. The quantitative estimate of drug-likeness (QED) is 0.256. The highest BCUT2D eigenvalue weighted by Gasteiger charge is 2.38. The van der Waals surface area contributed by atoms with Gasteiger partial charge in [-0.15, -0.1) is 0 Å². The summed E-state index contributed by atoms with van der Waals surface area (Å²) >= 11 is 0. The lowest BCUT2D eigenvalue weighted by molar-refractivity contribution is 0.841. The van der Waals surface area contributed by atoms with E-state index in [-0.39, 0.29) is 0 Å². The summed E-state index contributed by atoms with van der Waals surface area (Å²) in [5.74, 6) is 0.820. The van der Waals surface area contributed by atoms with Gasteiger partial charge in [-0.25, -0.2) is 0 Å². The van der Waals surface area contributed by atoms with Crippen molar-refractivity contribution in [2.75, 3.05) is 0 Å². The van der Waals surface area contributed by atoms with Crippen LogP contribution < -0.4 is 10.4 Å². The second kappa shape index (κ2) is 5.85. The van der Waals surface area contributed by atoms with Crippen LogP contribution in [0.4, 0.5) is 0 Å². The first kappa shape index (κ1) is 17.3. The summed E-state index contributed by atoms with van der Waals surface area (Å²) in [7, 11) is 0. The van der Waals surface area contributed by atoms with E-state index >= 15 is 0 Å². The molecule has 0 bridgehead atoms. The van der Waals surface area contributed by atoms with E-state index in [1.54, 1.807) is 0 Å². The average molecular weight is 429 g/mol. The van der Waals surface area contributed by atoms with Crippen molar-refractivity contribution >= 4 is 33.7 Å². The third kappa shape index (κ3) is 2.01. The number of rotatable bonds is 0. The zero-order valence-corrected chi connectivity index (χ0v) is 18.5. The van der Waals surface area contributed by atoms with E-state index in [4.69, 9.17) is 0 Å². The second-order valence-electron chi connectivity index (χ2n) is 10.1. The summed E-state index contributed by atoms with van der Waals surface area (Å²) in [4.78, 5) is 0. The van der Waals surface area contributed by atoms with Crippen LogP contribution in [-0.2, 0) is 0 Å². The Hall–Kier alpha value is -4.16. The number of allylic oxidation sites excluding steroid dienone is 10. The molecule has 0 saturated carbocycles. The van der Waals surface area contributed by atoms with Gasteiger partial charge in [-0.1, -0.05) is 78.9 Å². The fraction of sp³-hybridized carbons (Fsp3) is 0.0588. The number of hydrogen-bond donors (Lipinski definition) is 0. The highest BCUT2D eigenvalue weighted by molar-refractivity contribution is 6.17. The highest BCUT2D eigenvalue weighted by Crippen LogP contribution is 2.51. The van der Waals surface area contributed by atoms with Crippen LogP contribution in [0.3, 0.4) is 0 Å². The molecule has 0 spiro atoms. The average Bonchev–Trinajstić information content (AvgIpc) is 3.36. The molecule has 5 aliphatic rings. The molecule has 34 heavy (non-hydrogen) atoms. The van der Waals surface area contributed by atoms with Gasteiger partial charge in [-0.3, -0.25) is 0 Å². The molecule has 0 N–H and O–H groups in total. The molecule has 0 aromatic heterocycles. The summed E-state index contributed by atoms with van der Waals surface area (Å²) < 4.78 is 0. The van der Waals surface area contributed by atoms with Crippen molar-refractivity contribution in [2.45, 2.75) is 0 Å². The van der Waals surface area contributed by atoms with Crippen molar-refractivity contribution in [3.05, 3.63) is 130 Å². The Balaban J connectivity index is 1.32. The van der Waals surface area contributed by atoms with Crippen molar-refractivity contribution in [1.29, 1.82) is 0 Å². The number of benzene rings is 4. The fourth-order valence-corrected chi connectivity index (χ4v) is 7.03. The molecule has 0 heterocycles. The zero-order chi connectivity index (χ0) is 22.0. The van der Waals surface area contributed by atoms with E-state index in [1.807, 2.05) is 0 Å². The second-order valence-corrected chi connectivity index (χ2v) is 10.1. The van der Waals surface area contributed by atoms with Gasteiger partial charge in [0.2, 0.25) is 0 Å². The largest absolute Gasteiger partial charge is 0.0650 e. The van der Waals surface area contributed by atoms with Crippen molar-refractivity contribution in [1.82, 2.24) is 0 Å². The van der Waals surface area contributed by atoms with Crippen LogP contribution in [0, 0.1) is 11.8 Å². The van der Waals surface area contributed by atoms with Gasteiger partial charge in [0, 0.05) is 11.8 Å². The van der Waals surface area contributed by atoms with Gasteiger partial charge >= 0.3 is 0 Å². The van der Waals surface area contributed by atoms with Crippen molar-refractivity contribution in [3.63, 3.8) is 0 Å². The summed E-state index contributed by atoms with van der Waals surface area (Å²) in [6.07, 6.45) is 18.6. The molecule has 4 aromatic carbocycles. The predicted molar refractivity (Wildman–Crippen MR) is 143 cm³/mol. The highest BCUT2D eigenvalue weighted by atomic mass is 14.4. The minimum absolute atomic E-state index is 0.383. The number of fused-ring (bicyclic) bond motifs is 7. The predicted octanol–water partition coefficient (Wildman–Crippen LogP) is 6.75. The molecule has 0 fully saturated rings. The van der Waals surface area contributed by atoms with Crippen molar-refractivity contribution < 1.29 is 0 Å². The first-order valence-corrected chi connectivity index (χ1v) is 12.2. The minimum atomic E-state index is 0.383.